The van der Waals surface area contributed by atoms with Gasteiger partial charge in [-0.2, -0.15) is 0 Å². The van der Waals surface area contributed by atoms with Gasteiger partial charge >= 0.3 is 5.97 Å². The van der Waals surface area contributed by atoms with Gasteiger partial charge in [0.05, 0.1) is 0 Å². The van der Waals surface area contributed by atoms with Gasteiger partial charge < -0.3 is 24.2 Å². The molecule has 0 aliphatic heterocycles. The number of carboxylic acids is 1. The van der Waals surface area contributed by atoms with Gasteiger partial charge in [-0.1, -0.05) is 30.3 Å². The van der Waals surface area contributed by atoms with Gasteiger partial charge in [0.25, 0.3) is 0 Å². The van der Waals surface area contributed by atoms with Crippen LogP contribution in [-0.2, 0) is 11.3 Å². The first-order valence-corrected chi connectivity index (χ1v) is 10.1. The molecule has 33 heavy (non-hydrogen) atoms. The van der Waals surface area contributed by atoms with Crippen molar-refractivity contribution in [3.63, 3.8) is 0 Å². The molecule has 3 N–H and O–H groups in total. The number of pyridine rings is 1. The smallest absolute Gasteiger partial charge is 0.323 e. The van der Waals surface area contributed by atoms with Crippen molar-refractivity contribution in [2.24, 2.45) is 0 Å². The number of carboxylic acid groups (broad SMARTS) is 1. The van der Waals surface area contributed by atoms with Crippen LogP contribution in [0.4, 0.5) is 0 Å². The summed E-state index contributed by atoms with van der Waals surface area (Å²) in [6.45, 7) is 1.36. The molecule has 0 unspecified atom stereocenters. The lowest BCUT2D eigenvalue weighted by molar-refractivity contribution is -0.137. The quantitative estimate of drug-likeness (QED) is 0.377. The summed E-state index contributed by atoms with van der Waals surface area (Å²) in [4.78, 5) is 35.8. The van der Waals surface area contributed by atoms with Crippen LogP contribution in [0.2, 0.25) is 0 Å². The van der Waals surface area contributed by atoms with Crippen molar-refractivity contribution in [3.8, 4) is 39.8 Å². The van der Waals surface area contributed by atoms with Crippen molar-refractivity contribution >= 4 is 17.0 Å². The molecule has 4 heterocycles. The molecule has 0 saturated carbocycles. The number of aryl methyl sites for hydroxylation is 1. The monoisotopic (exact) mass is 442 g/mol. The molecule has 5 aromatic rings. The fourth-order valence-corrected chi connectivity index (χ4v) is 3.82. The third-order valence-electron chi connectivity index (χ3n) is 5.22. The average molecular weight is 442 g/mol. The number of aromatic amines is 1. The first-order valence-electron chi connectivity index (χ1n) is 10.1. The minimum Gasteiger partial charge on any atom is -0.501 e. The van der Waals surface area contributed by atoms with Gasteiger partial charge in [0.2, 0.25) is 11.2 Å². The number of hydrogen-bond acceptors (Lipinski definition) is 6. The topological polar surface area (TPSA) is 134 Å². The lowest BCUT2D eigenvalue weighted by atomic mass is 10.1. The van der Waals surface area contributed by atoms with Gasteiger partial charge in [0.1, 0.15) is 35.2 Å². The van der Waals surface area contributed by atoms with E-state index in [1.807, 2.05) is 36.4 Å². The molecule has 0 aliphatic carbocycles. The zero-order chi connectivity index (χ0) is 23.1. The highest BCUT2D eigenvalue weighted by atomic mass is 16.4. The normalized spacial score (nSPS) is 11.2. The molecule has 0 atom stereocenters. The highest BCUT2D eigenvalue weighted by Crippen LogP contribution is 2.38. The second kappa shape index (κ2) is 7.79. The Labute approximate surface area is 186 Å². The summed E-state index contributed by atoms with van der Waals surface area (Å²) < 4.78 is 7.24. The van der Waals surface area contributed by atoms with Gasteiger partial charge in [0, 0.05) is 35.0 Å². The Hall–Kier alpha value is -4.66. The van der Waals surface area contributed by atoms with Crippen molar-refractivity contribution in [2.45, 2.75) is 13.5 Å². The first kappa shape index (κ1) is 20.3. The van der Waals surface area contributed by atoms with Crippen LogP contribution in [0.3, 0.4) is 0 Å². The van der Waals surface area contributed by atoms with Gasteiger partial charge in [0.15, 0.2) is 5.76 Å². The van der Waals surface area contributed by atoms with E-state index in [0.717, 1.165) is 5.56 Å². The Morgan fingerprint density at radius 1 is 1.18 bits per heavy atom. The maximum atomic E-state index is 12.2. The Morgan fingerprint density at radius 2 is 1.97 bits per heavy atom. The molecule has 4 aromatic heterocycles. The highest BCUT2D eigenvalue weighted by Gasteiger charge is 2.23. The summed E-state index contributed by atoms with van der Waals surface area (Å²) >= 11 is 0. The van der Waals surface area contributed by atoms with Crippen LogP contribution >= 0.6 is 0 Å². The van der Waals surface area contributed by atoms with E-state index in [2.05, 4.69) is 9.97 Å². The summed E-state index contributed by atoms with van der Waals surface area (Å²) in [6.07, 6.45) is 3.25. The van der Waals surface area contributed by atoms with Crippen molar-refractivity contribution in [1.82, 2.24) is 19.5 Å². The number of nitrogens with one attached hydrogen (secondary N) is 1. The summed E-state index contributed by atoms with van der Waals surface area (Å²) in [6, 6.07) is 14.1. The summed E-state index contributed by atoms with van der Waals surface area (Å²) in [5.74, 6) is -0.798. The van der Waals surface area contributed by atoms with Crippen LogP contribution in [0.1, 0.15) is 5.76 Å². The molecule has 9 nitrogen and oxygen atoms in total. The van der Waals surface area contributed by atoms with Gasteiger partial charge in [-0.25, -0.2) is 9.97 Å². The summed E-state index contributed by atoms with van der Waals surface area (Å²) in [5, 5.41) is 20.5. The standard InChI is InChI=1S/C24H18N4O5/c1-13-10-17(29)21(32)22(33-13)20-19(14-6-3-2-4-7-14)26-23(27-20)16-11-28(12-18(30)31)24-15(16)8-5-9-25-24/h2-11,32H,12H2,1H3,(H,26,27)(H,30,31). The lowest BCUT2D eigenvalue weighted by Crippen LogP contribution is -2.07. The van der Waals surface area contributed by atoms with Crippen LogP contribution < -0.4 is 5.43 Å². The number of aromatic hydroxyl groups is 1. The fraction of sp³-hybridized carbons (Fsp3) is 0.0833. The molecule has 0 radical (unpaired) electrons. The number of fused-ring (bicyclic) bond motifs is 1. The van der Waals surface area contributed by atoms with E-state index in [1.165, 1.54) is 10.6 Å². The second-order valence-electron chi connectivity index (χ2n) is 7.51. The van der Waals surface area contributed by atoms with Gasteiger partial charge in [-0.15, -0.1) is 0 Å². The van der Waals surface area contributed by atoms with Gasteiger partial charge in [-0.3, -0.25) is 9.59 Å². The number of nitrogens with zero attached hydrogens (tertiary/aromatic N) is 3. The zero-order valence-corrected chi connectivity index (χ0v) is 17.4. The SMILES string of the molecule is Cc1cc(=O)c(O)c(-c2[nH]c(-c3cn(CC(=O)O)c4ncccc34)nc2-c2ccccc2)o1. The van der Waals surface area contributed by atoms with E-state index in [9.17, 15) is 19.8 Å². The third-order valence-corrected chi connectivity index (χ3v) is 5.22. The first-order chi connectivity index (χ1) is 15.9. The van der Waals surface area contributed by atoms with Crippen LogP contribution in [0.25, 0.3) is 45.1 Å². The van der Waals surface area contributed by atoms with Crippen LogP contribution in [0.15, 0.2) is 70.1 Å². The Bertz CT molecular complexity index is 1560. The van der Waals surface area contributed by atoms with E-state index in [1.54, 1.807) is 25.4 Å². The minimum absolute atomic E-state index is 0.0231. The van der Waals surface area contributed by atoms with Crippen LogP contribution in [0, 0.1) is 6.92 Å². The molecular weight excluding hydrogens is 424 g/mol. The maximum Gasteiger partial charge on any atom is 0.323 e. The zero-order valence-electron chi connectivity index (χ0n) is 17.4. The number of rotatable bonds is 5. The predicted octanol–water partition coefficient (Wildman–Crippen LogP) is 3.81. The average Bonchev–Trinajstić information content (AvgIpc) is 3.39. The van der Waals surface area contributed by atoms with Crippen molar-refractivity contribution < 1.29 is 19.4 Å². The Morgan fingerprint density at radius 3 is 2.73 bits per heavy atom. The number of aromatic nitrogens is 4. The van der Waals surface area contributed by atoms with E-state index < -0.39 is 17.1 Å². The molecule has 1 aromatic carbocycles. The van der Waals surface area contributed by atoms with Crippen molar-refractivity contribution in [2.75, 3.05) is 0 Å². The number of H-pyrrole nitrogens is 1. The molecule has 0 amide bonds. The molecule has 0 spiro atoms. The second-order valence-corrected chi connectivity index (χ2v) is 7.51. The molecule has 5 rings (SSSR count). The Kier molecular flexibility index (Phi) is 4.78. The number of benzene rings is 1. The number of hydrogen-bond donors (Lipinski definition) is 3. The van der Waals surface area contributed by atoms with Crippen molar-refractivity contribution in [3.05, 3.63) is 76.9 Å². The molecule has 0 fully saturated rings. The molecule has 0 bridgehead atoms. The van der Waals surface area contributed by atoms with E-state index in [0.29, 0.717) is 39.6 Å². The third kappa shape index (κ3) is 3.55. The van der Waals surface area contributed by atoms with Gasteiger partial charge in [-0.05, 0) is 19.1 Å². The molecular formula is C24H18N4O5. The van der Waals surface area contributed by atoms with Crippen molar-refractivity contribution in [1.29, 1.82) is 0 Å². The maximum absolute atomic E-state index is 12.2. The number of imidazole rings is 1. The highest BCUT2D eigenvalue weighted by molar-refractivity contribution is 5.94. The molecule has 0 aliphatic rings. The molecule has 164 valence electrons. The fourth-order valence-electron chi connectivity index (χ4n) is 3.82. The molecule has 0 saturated heterocycles. The minimum atomic E-state index is -0.999. The largest absolute Gasteiger partial charge is 0.501 e. The summed E-state index contributed by atoms with van der Waals surface area (Å²) in [5.41, 5.74) is 2.10. The number of carbonyl (C=O) groups is 1. The van der Waals surface area contributed by atoms with E-state index >= 15 is 0 Å². The predicted molar refractivity (Wildman–Crippen MR) is 121 cm³/mol. The van der Waals surface area contributed by atoms with E-state index in [-0.39, 0.29) is 12.3 Å². The number of aliphatic carboxylic acids is 1. The summed E-state index contributed by atoms with van der Waals surface area (Å²) in [7, 11) is 0. The molecule has 9 heteroatoms. The van der Waals surface area contributed by atoms with Crippen LogP contribution in [0.5, 0.6) is 5.75 Å². The van der Waals surface area contributed by atoms with E-state index in [4.69, 9.17) is 9.40 Å². The Balaban J connectivity index is 1.78. The van der Waals surface area contributed by atoms with Crippen LogP contribution in [-0.4, -0.2) is 35.7 Å². The lowest BCUT2D eigenvalue weighted by Gasteiger charge is -2.05.